The van der Waals surface area contributed by atoms with Crippen molar-refractivity contribution in [3.63, 3.8) is 0 Å². The van der Waals surface area contributed by atoms with Crippen molar-refractivity contribution in [2.75, 3.05) is 5.32 Å². The second kappa shape index (κ2) is 8.49. The zero-order chi connectivity index (χ0) is 23.9. The van der Waals surface area contributed by atoms with Crippen molar-refractivity contribution in [2.45, 2.75) is 19.0 Å². The highest BCUT2D eigenvalue weighted by molar-refractivity contribution is 7.20. The van der Waals surface area contributed by atoms with Gasteiger partial charge in [0.2, 0.25) is 5.91 Å². The molecule has 0 saturated carbocycles. The lowest BCUT2D eigenvalue weighted by molar-refractivity contribution is -0.126. The second-order valence-electron chi connectivity index (χ2n) is 8.22. The molecule has 1 saturated heterocycles. The lowest BCUT2D eigenvalue weighted by Gasteiger charge is -2.20. The number of β-lactam (4-membered cyclic amide) rings is 1. The highest BCUT2D eigenvalue weighted by atomic mass is 32.1. The van der Waals surface area contributed by atoms with Gasteiger partial charge in [-0.25, -0.2) is 18.7 Å². The molecule has 5 aromatic rings. The molecule has 0 spiro atoms. The van der Waals surface area contributed by atoms with E-state index in [1.54, 1.807) is 0 Å². The number of hydrogen-bond acceptors (Lipinski definition) is 5. The Kier molecular flexibility index (Phi) is 5.16. The number of anilines is 2. The average Bonchev–Trinajstić information content (AvgIpc) is 3.43. The van der Waals surface area contributed by atoms with Crippen LogP contribution in [0.15, 0.2) is 61.1 Å². The molecule has 6 nitrogen and oxygen atoms in total. The molecule has 6 rings (SSSR count). The summed E-state index contributed by atoms with van der Waals surface area (Å²) in [7, 11) is 0. The molecule has 35 heavy (non-hydrogen) atoms. The van der Waals surface area contributed by atoms with Crippen LogP contribution in [0.1, 0.15) is 16.9 Å². The molecule has 0 radical (unpaired) electrons. The van der Waals surface area contributed by atoms with E-state index < -0.39 is 11.6 Å². The van der Waals surface area contributed by atoms with Gasteiger partial charge in [-0.15, -0.1) is 11.3 Å². The third-order valence-corrected chi connectivity index (χ3v) is 6.83. The summed E-state index contributed by atoms with van der Waals surface area (Å²) in [5, 5.41) is 7.05. The van der Waals surface area contributed by atoms with Gasteiger partial charge in [0.05, 0.1) is 34.1 Å². The summed E-state index contributed by atoms with van der Waals surface area (Å²) in [4.78, 5) is 20.6. The molecule has 2 N–H and O–H groups in total. The van der Waals surface area contributed by atoms with E-state index >= 15 is 0 Å². The van der Waals surface area contributed by atoms with Crippen molar-refractivity contribution in [3.8, 4) is 11.8 Å². The molecule has 9 heteroatoms. The van der Waals surface area contributed by atoms with Crippen LogP contribution in [0.4, 0.5) is 20.3 Å². The molecule has 1 aliphatic heterocycles. The minimum atomic E-state index is -0.460. The summed E-state index contributed by atoms with van der Waals surface area (Å²) < 4.78 is 30.4. The molecule has 172 valence electrons. The monoisotopic (exact) mass is 485 g/mol. The molecule has 3 aromatic heterocycles. The van der Waals surface area contributed by atoms with Gasteiger partial charge in [-0.3, -0.25) is 4.79 Å². The maximum atomic E-state index is 14.1. The molecule has 0 unspecified atom stereocenters. The molecule has 1 atom stereocenters. The fraction of sp³-hybridized carbons (Fsp3) is 0.115. The van der Waals surface area contributed by atoms with E-state index in [1.165, 1.54) is 23.7 Å². The maximum absolute atomic E-state index is 14.1. The molecule has 0 bridgehead atoms. The van der Waals surface area contributed by atoms with Crippen LogP contribution >= 0.6 is 11.3 Å². The minimum absolute atomic E-state index is 0.0198. The number of fused-ring (bicyclic) bond motifs is 2. The Morgan fingerprint density at radius 2 is 2.03 bits per heavy atom. The van der Waals surface area contributed by atoms with E-state index in [9.17, 15) is 13.6 Å². The van der Waals surface area contributed by atoms with Gasteiger partial charge in [0.15, 0.2) is 5.82 Å². The standard InChI is InChI=1S/C26H17F2N5OS/c27-17-1-5-21(28)16(9-17)13-33-8-7-15-10-18(3-6-23(15)33)32-26-25-22(29-14-30-26)12-20(35-25)4-2-19-11-24(34)31-19/h1,3,5-10,12,14,19H,11,13H2,(H,31,34)(H,29,30,32)/t19-/m1/s1. The first-order valence-corrected chi connectivity index (χ1v) is 11.7. The van der Waals surface area contributed by atoms with E-state index in [1.807, 2.05) is 41.1 Å². The minimum Gasteiger partial charge on any atom is -0.343 e. The van der Waals surface area contributed by atoms with Gasteiger partial charge in [0.25, 0.3) is 0 Å². The van der Waals surface area contributed by atoms with Crippen molar-refractivity contribution in [1.29, 1.82) is 0 Å². The first-order chi connectivity index (χ1) is 17.0. The van der Waals surface area contributed by atoms with Crippen LogP contribution < -0.4 is 10.6 Å². The fourth-order valence-electron chi connectivity index (χ4n) is 4.01. The molecule has 0 aliphatic carbocycles. The van der Waals surface area contributed by atoms with Crippen LogP contribution in [0.2, 0.25) is 0 Å². The maximum Gasteiger partial charge on any atom is 0.224 e. The fourth-order valence-corrected chi connectivity index (χ4v) is 4.93. The molecular formula is C26H17F2N5OS. The third kappa shape index (κ3) is 4.20. The Morgan fingerprint density at radius 3 is 2.89 bits per heavy atom. The third-order valence-electron chi connectivity index (χ3n) is 5.79. The van der Waals surface area contributed by atoms with E-state index in [-0.39, 0.29) is 18.5 Å². The van der Waals surface area contributed by atoms with Gasteiger partial charge in [-0.05, 0) is 48.5 Å². The van der Waals surface area contributed by atoms with Crippen molar-refractivity contribution < 1.29 is 13.6 Å². The highest BCUT2D eigenvalue weighted by Crippen LogP contribution is 2.31. The number of thiophene rings is 1. The van der Waals surface area contributed by atoms with Crippen LogP contribution in [0.25, 0.3) is 21.1 Å². The number of rotatable bonds is 4. The van der Waals surface area contributed by atoms with E-state index in [0.29, 0.717) is 17.8 Å². The number of nitrogens with zero attached hydrogens (tertiary/aromatic N) is 3. The van der Waals surface area contributed by atoms with Crippen LogP contribution in [0.3, 0.4) is 0 Å². The lowest BCUT2D eigenvalue weighted by Crippen LogP contribution is -2.47. The quantitative estimate of drug-likeness (QED) is 0.279. The number of aromatic nitrogens is 3. The molecule has 1 aliphatic rings. The summed E-state index contributed by atoms with van der Waals surface area (Å²) in [6.45, 7) is 0.232. The van der Waals surface area contributed by atoms with E-state index in [2.05, 4.69) is 32.4 Å². The summed E-state index contributed by atoms with van der Waals surface area (Å²) in [5.74, 6) is 5.96. The van der Waals surface area contributed by atoms with Gasteiger partial charge in [-0.2, -0.15) is 0 Å². The molecule has 1 fully saturated rings. The number of carbonyl (C=O) groups is 1. The zero-order valence-electron chi connectivity index (χ0n) is 18.2. The Labute approximate surface area is 202 Å². The Balaban J connectivity index is 1.25. The number of nitrogens with one attached hydrogen (secondary N) is 2. The number of carbonyl (C=O) groups excluding carboxylic acids is 1. The van der Waals surface area contributed by atoms with Crippen molar-refractivity contribution in [1.82, 2.24) is 19.9 Å². The number of hydrogen-bond donors (Lipinski definition) is 2. The average molecular weight is 486 g/mol. The summed E-state index contributed by atoms with van der Waals surface area (Å²) >= 11 is 1.49. The van der Waals surface area contributed by atoms with Crippen LogP contribution in [-0.4, -0.2) is 26.5 Å². The Hall–Kier alpha value is -4.29. The van der Waals surface area contributed by atoms with E-state index in [0.717, 1.165) is 43.8 Å². The van der Waals surface area contributed by atoms with Gasteiger partial charge in [0.1, 0.15) is 18.0 Å². The SMILES string of the molecule is O=C1C[C@@H](C#Cc2cc3ncnc(Nc4ccc5c(ccn5Cc5cc(F)ccc5F)c4)c3s2)N1. The number of amides is 1. The largest absolute Gasteiger partial charge is 0.343 e. The summed E-state index contributed by atoms with van der Waals surface area (Å²) in [6.07, 6.45) is 3.80. The van der Waals surface area contributed by atoms with Crippen LogP contribution in [0.5, 0.6) is 0 Å². The molecule has 2 aromatic carbocycles. The van der Waals surface area contributed by atoms with Gasteiger partial charge >= 0.3 is 0 Å². The Bertz CT molecular complexity index is 1670. The summed E-state index contributed by atoms with van der Waals surface area (Å²) in [6, 6.07) is 13.1. The first-order valence-electron chi connectivity index (χ1n) is 10.9. The predicted octanol–water partition coefficient (Wildman–Crippen LogP) is 4.96. The zero-order valence-corrected chi connectivity index (χ0v) is 19.0. The van der Waals surface area contributed by atoms with Gasteiger partial charge in [-0.1, -0.05) is 11.8 Å². The normalized spacial score (nSPS) is 14.9. The molecular weight excluding hydrogens is 468 g/mol. The molecule has 1 amide bonds. The molecule has 4 heterocycles. The van der Waals surface area contributed by atoms with Crippen molar-refractivity contribution in [3.05, 3.63) is 83.1 Å². The van der Waals surface area contributed by atoms with Crippen molar-refractivity contribution >= 4 is 49.9 Å². The second-order valence-corrected chi connectivity index (χ2v) is 9.27. The number of benzene rings is 2. The van der Waals surface area contributed by atoms with Crippen molar-refractivity contribution in [2.24, 2.45) is 0 Å². The van der Waals surface area contributed by atoms with Gasteiger partial charge < -0.3 is 15.2 Å². The smallest absolute Gasteiger partial charge is 0.224 e. The lowest BCUT2D eigenvalue weighted by atomic mass is 10.1. The summed E-state index contributed by atoms with van der Waals surface area (Å²) in [5.41, 5.74) is 2.83. The van der Waals surface area contributed by atoms with Gasteiger partial charge in [0, 0.05) is 28.4 Å². The predicted molar refractivity (Wildman–Crippen MR) is 132 cm³/mol. The van der Waals surface area contributed by atoms with Crippen LogP contribution in [0, 0.1) is 23.5 Å². The highest BCUT2D eigenvalue weighted by Gasteiger charge is 2.22. The first kappa shape index (κ1) is 21.3. The number of halogens is 2. The Morgan fingerprint density at radius 1 is 1.14 bits per heavy atom. The van der Waals surface area contributed by atoms with E-state index in [4.69, 9.17) is 0 Å². The van der Waals surface area contributed by atoms with Crippen LogP contribution in [-0.2, 0) is 11.3 Å². The topological polar surface area (TPSA) is 71.8 Å².